The Kier molecular flexibility index (Phi) is 5.53. The van der Waals surface area contributed by atoms with Crippen LogP contribution in [0, 0.1) is 0 Å². The van der Waals surface area contributed by atoms with E-state index < -0.39 is 11.8 Å². The summed E-state index contributed by atoms with van der Waals surface area (Å²) < 4.78 is 10.8. The van der Waals surface area contributed by atoms with Crippen LogP contribution < -0.4 is 15.9 Å². The second-order valence-electron chi connectivity index (χ2n) is 4.52. The van der Waals surface area contributed by atoms with E-state index in [-0.39, 0.29) is 12.4 Å². The third-order valence-corrected chi connectivity index (χ3v) is 3.20. The summed E-state index contributed by atoms with van der Waals surface area (Å²) in [6.07, 6.45) is 0. The van der Waals surface area contributed by atoms with E-state index in [1.54, 1.807) is 37.3 Å². The predicted molar refractivity (Wildman–Crippen MR) is 87.2 cm³/mol. The molecule has 0 saturated carbocycles. The lowest BCUT2D eigenvalue weighted by molar-refractivity contribution is -0.119. The number of furan rings is 1. The number of carbonyl (C=O) groups is 2. The Morgan fingerprint density at radius 3 is 2.52 bits per heavy atom. The molecule has 1 heterocycles. The number of nitrogens with zero attached hydrogens (tertiary/aromatic N) is 1. The van der Waals surface area contributed by atoms with E-state index in [1.807, 2.05) is 0 Å². The normalized spacial score (nSPS) is 11.1. The van der Waals surface area contributed by atoms with Crippen molar-refractivity contribution in [1.29, 1.82) is 0 Å². The molecule has 0 aliphatic heterocycles. The van der Waals surface area contributed by atoms with Gasteiger partial charge in [0, 0.05) is 0 Å². The van der Waals surface area contributed by atoms with Crippen LogP contribution in [0.5, 0.6) is 5.75 Å². The monoisotopic (exact) mass is 379 g/mol. The number of hydrogen-bond acceptors (Lipinski definition) is 5. The average Bonchev–Trinajstić information content (AvgIpc) is 2.97. The molecule has 0 aliphatic carbocycles. The molecule has 8 heteroatoms. The summed E-state index contributed by atoms with van der Waals surface area (Å²) in [6, 6.07) is 10.0. The van der Waals surface area contributed by atoms with Gasteiger partial charge in [-0.2, -0.15) is 5.10 Å². The number of hydrazone groups is 1. The zero-order chi connectivity index (χ0) is 16.8. The number of carbonyl (C=O) groups excluding carboxylic acids is 2. The molecule has 120 valence electrons. The molecule has 0 atom stereocenters. The third kappa shape index (κ3) is 4.96. The first-order chi connectivity index (χ1) is 11.0. The van der Waals surface area contributed by atoms with Crippen molar-refractivity contribution in [2.24, 2.45) is 10.8 Å². The first-order valence-electron chi connectivity index (χ1n) is 6.57. The lowest BCUT2D eigenvalue weighted by Gasteiger charge is -2.05. The van der Waals surface area contributed by atoms with Gasteiger partial charge in [-0.1, -0.05) is 0 Å². The quantitative estimate of drug-likeness (QED) is 0.591. The molecule has 2 amide bonds. The van der Waals surface area contributed by atoms with Gasteiger partial charge in [0.25, 0.3) is 5.91 Å². The fraction of sp³-hybridized carbons (Fsp3) is 0.133. The molecule has 7 nitrogen and oxygen atoms in total. The van der Waals surface area contributed by atoms with Crippen molar-refractivity contribution in [3.05, 3.63) is 52.4 Å². The molecule has 0 fully saturated rings. The van der Waals surface area contributed by atoms with Crippen LogP contribution in [0.15, 0.2) is 50.6 Å². The van der Waals surface area contributed by atoms with Crippen molar-refractivity contribution >= 4 is 33.5 Å². The molecule has 2 aromatic rings. The van der Waals surface area contributed by atoms with Crippen LogP contribution in [-0.2, 0) is 4.79 Å². The number of benzene rings is 1. The van der Waals surface area contributed by atoms with Crippen molar-refractivity contribution in [1.82, 2.24) is 5.43 Å². The van der Waals surface area contributed by atoms with Gasteiger partial charge in [-0.25, -0.2) is 5.43 Å². The number of ether oxygens (including phenoxy) is 1. The second-order valence-corrected chi connectivity index (χ2v) is 5.30. The van der Waals surface area contributed by atoms with Crippen LogP contribution in [0.3, 0.4) is 0 Å². The number of amides is 2. The third-order valence-electron chi connectivity index (χ3n) is 2.78. The standard InChI is InChI=1S/C15H14BrN3O4/c1-9(18-19-15(21)12-6-7-13(16)23-12)10-2-4-11(5-3-10)22-8-14(17)20/h2-7H,8H2,1H3,(H2,17,20)(H,19,21)/b18-9+. The van der Waals surface area contributed by atoms with E-state index in [9.17, 15) is 9.59 Å². The largest absolute Gasteiger partial charge is 0.484 e. The highest BCUT2D eigenvalue weighted by Gasteiger charge is 2.09. The van der Waals surface area contributed by atoms with E-state index in [4.69, 9.17) is 14.9 Å². The summed E-state index contributed by atoms with van der Waals surface area (Å²) in [7, 11) is 0. The highest BCUT2D eigenvalue weighted by Crippen LogP contribution is 2.14. The average molecular weight is 380 g/mol. The molecule has 0 aliphatic rings. The highest BCUT2D eigenvalue weighted by atomic mass is 79.9. The van der Waals surface area contributed by atoms with E-state index >= 15 is 0 Å². The minimum absolute atomic E-state index is 0.156. The van der Waals surface area contributed by atoms with Gasteiger partial charge in [0.05, 0.1) is 5.71 Å². The van der Waals surface area contributed by atoms with Gasteiger partial charge in [0.15, 0.2) is 17.0 Å². The molecule has 23 heavy (non-hydrogen) atoms. The Balaban J connectivity index is 1.97. The van der Waals surface area contributed by atoms with Crippen LogP contribution in [0.1, 0.15) is 23.0 Å². The number of primary amides is 1. The first kappa shape index (κ1) is 16.8. The van der Waals surface area contributed by atoms with E-state index in [0.717, 1.165) is 5.56 Å². The maximum absolute atomic E-state index is 11.8. The van der Waals surface area contributed by atoms with Crippen molar-refractivity contribution < 1.29 is 18.7 Å². The van der Waals surface area contributed by atoms with Gasteiger partial charge in [-0.15, -0.1) is 0 Å². The van der Waals surface area contributed by atoms with Crippen molar-refractivity contribution in [2.45, 2.75) is 6.92 Å². The number of rotatable bonds is 6. The molecule has 0 saturated heterocycles. The summed E-state index contributed by atoms with van der Waals surface area (Å²) in [6.45, 7) is 1.57. The fourth-order valence-electron chi connectivity index (χ4n) is 1.64. The predicted octanol–water partition coefficient (Wildman–Crippen LogP) is 2.06. The van der Waals surface area contributed by atoms with Crippen LogP contribution in [0.25, 0.3) is 0 Å². The summed E-state index contributed by atoms with van der Waals surface area (Å²) >= 11 is 3.12. The first-order valence-corrected chi connectivity index (χ1v) is 7.36. The molecule has 2 rings (SSSR count). The van der Waals surface area contributed by atoms with E-state index in [2.05, 4.69) is 26.5 Å². The Bertz CT molecular complexity index is 737. The maximum atomic E-state index is 11.8. The minimum atomic E-state index is -0.543. The van der Waals surface area contributed by atoms with Gasteiger partial charge in [0.2, 0.25) is 0 Å². The van der Waals surface area contributed by atoms with Crippen LogP contribution >= 0.6 is 15.9 Å². The van der Waals surface area contributed by atoms with Crippen molar-refractivity contribution in [2.75, 3.05) is 6.61 Å². The maximum Gasteiger partial charge on any atom is 0.307 e. The SMILES string of the molecule is C/C(=N\NC(=O)c1ccc(Br)o1)c1ccc(OCC(N)=O)cc1. The lowest BCUT2D eigenvalue weighted by atomic mass is 10.1. The molecule has 0 bridgehead atoms. The van der Waals surface area contributed by atoms with Gasteiger partial charge in [-0.05, 0) is 64.8 Å². The lowest BCUT2D eigenvalue weighted by Crippen LogP contribution is -2.20. The summed E-state index contributed by atoms with van der Waals surface area (Å²) in [4.78, 5) is 22.4. The fourth-order valence-corrected chi connectivity index (χ4v) is 1.94. The van der Waals surface area contributed by atoms with Gasteiger partial charge < -0.3 is 14.9 Å². The number of nitrogens with two attached hydrogens (primary N) is 1. The number of halogens is 1. The minimum Gasteiger partial charge on any atom is -0.484 e. The smallest absolute Gasteiger partial charge is 0.307 e. The van der Waals surface area contributed by atoms with Crippen LogP contribution in [0.2, 0.25) is 0 Å². The molecular weight excluding hydrogens is 366 g/mol. The molecule has 3 N–H and O–H groups in total. The Labute approximate surface area is 140 Å². The van der Waals surface area contributed by atoms with E-state index in [0.29, 0.717) is 16.1 Å². The topological polar surface area (TPSA) is 107 Å². The molecule has 1 aromatic carbocycles. The van der Waals surface area contributed by atoms with Gasteiger partial charge in [0.1, 0.15) is 5.75 Å². The number of nitrogens with one attached hydrogen (secondary N) is 1. The second kappa shape index (κ2) is 7.59. The summed E-state index contributed by atoms with van der Waals surface area (Å²) in [5.41, 5.74) is 8.80. The zero-order valence-corrected chi connectivity index (χ0v) is 13.8. The van der Waals surface area contributed by atoms with Crippen molar-refractivity contribution in [3.63, 3.8) is 0 Å². The summed E-state index contributed by atoms with van der Waals surface area (Å²) in [5.74, 6) is -0.316. The van der Waals surface area contributed by atoms with Crippen LogP contribution in [-0.4, -0.2) is 24.1 Å². The van der Waals surface area contributed by atoms with E-state index in [1.165, 1.54) is 6.07 Å². The van der Waals surface area contributed by atoms with Crippen LogP contribution in [0.4, 0.5) is 0 Å². The summed E-state index contributed by atoms with van der Waals surface area (Å²) in [5, 5.41) is 4.01. The van der Waals surface area contributed by atoms with Crippen molar-refractivity contribution in [3.8, 4) is 5.75 Å². The Morgan fingerprint density at radius 2 is 1.96 bits per heavy atom. The molecule has 0 radical (unpaired) electrons. The molecule has 0 unspecified atom stereocenters. The van der Waals surface area contributed by atoms with Gasteiger partial charge >= 0.3 is 5.91 Å². The number of hydrogen-bond donors (Lipinski definition) is 2. The molecular formula is C15H14BrN3O4. The highest BCUT2D eigenvalue weighted by molar-refractivity contribution is 9.10. The van der Waals surface area contributed by atoms with Gasteiger partial charge in [-0.3, -0.25) is 9.59 Å². The molecule has 0 spiro atoms. The molecule has 1 aromatic heterocycles. The Hall–Kier alpha value is -2.61. The zero-order valence-electron chi connectivity index (χ0n) is 12.2. The Morgan fingerprint density at radius 1 is 1.26 bits per heavy atom.